The molecule has 0 aliphatic rings. The van der Waals surface area contributed by atoms with Gasteiger partial charge in [-0.15, -0.1) is 0 Å². The van der Waals surface area contributed by atoms with Crippen molar-refractivity contribution in [3.8, 4) is 16.9 Å². The molecular formula is C15H15N5O2. The molecule has 4 N–H and O–H groups in total. The number of fused-ring (bicyclic) bond motifs is 1. The van der Waals surface area contributed by atoms with Gasteiger partial charge in [0.2, 0.25) is 5.91 Å². The fourth-order valence-corrected chi connectivity index (χ4v) is 2.15. The molecule has 0 atom stereocenters. The van der Waals surface area contributed by atoms with Crippen LogP contribution in [-0.2, 0) is 4.79 Å². The van der Waals surface area contributed by atoms with Crippen molar-refractivity contribution < 1.29 is 9.90 Å². The molecule has 22 heavy (non-hydrogen) atoms. The lowest BCUT2D eigenvalue weighted by Crippen LogP contribution is -2.25. The highest BCUT2D eigenvalue weighted by molar-refractivity contribution is 6.00. The molecule has 0 aliphatic carbocycles. The smallest absolute Gasteiger partial charge is 0.239 e. The van der Waals surface area contributed by atoms with Crippen LogP contribution in [0.2, 0.25) is 0 Å². The van der Waals surface area contributed by atoms with Crippen molar-refractivity contribution in [2.75, 3.05) is 18.9 Å². The zero-order valence-electron chi connectivity index (χ0n) is 11.9. The standard InChI is InChI=1S/C15H15N5O2/c1-16-8-13(22)18-15-12-6-10(7-17-14(12)19-20-15)9-2-4-11(21)5-3-9/h2-7,16,21H,8H2,1H3,(H2,17,18,19,20,22). The third-order valence-corrected chi connectivity index (χ3v) is 3.21. The van der Waals surface area contributed by atoms with Crippen molar-refractivity contribution in [3.05, 3.63) is 36.5 Å². The van der Waals surface area contributed by atoms with E-state index < -0.39 is 0 Å². The fourth-order valence-electron chi connectivity index (χ4n) is 2.15. The van der Waals surface area contributed by atoms with E-state index >= 15 is 0 Å². The highest BCUT2D eigenvalue weighted by atomic mass is 16.3. The van der Waals surface area contributed by atoms with Crippen LogP contribution in [0.5, 0.6) is 5.75 Å². The van der Waals surface area contributed by atoms with Gasteiger partial charge in [-0.1, -0.05) is 12.1 Å². The van der Waals surface area contributed by atoms with E-state index in [4.69, 9.17) is 0 Å². The van der Waals surface area contributed by atoms with Gasteiger partial charge in [0, 0.05) is 11.8 Å². The molecule has 0 saturated heterocycles. The lowest BCUT2D eigenvalue weighted by molar-refractivity contribution is -0.115. The van der Waals surface area contributed by atoms with Gasteiger partial charge in [0.25, 0.3) is 0 Å². The number of hydrogen-bond acceptors (Lipinski definition) is 5. The molecule has 112 valence electrons. The Morgan fingerprint density at radius 1 is 1.27 bits per heavy atom. The number of likely N-dealkylation sites (N-methyl/N-ethyl adjacent to an activating group) is 1. The number of H-pyrrole nitrogens is 1. The zero-order chi connectivity index (χ0) is 15.5. The third kappa shape index (κ3) is 2.75. The molecule has 3 aromatic rings. The Morgan fingerprint density at radius 2 is 2.05 bits per heavy atom. The third-order valence-electron chi connectivity index (χ3n) is 3.21. The maximum atomic E-state index is 11.7. The van der Waals surface area contributed by atoms with E-state index in [1.54, 1.807) is 37.5 Å². The van der Waals surface area contributed by atoms with Crippen LogP contribution in [0.25, 0.3) is 22.2 Å². The first-order valence-electron chi connectivity index (χ1n) is 6.75. The minimum absolute atomic E-state index is 0.164. The average molecular weight is 297 g/mol. The number of benzene rings is 1. The normalized spacial score (nSPS) is 10.8. The number of aromatic amines is 1. The Labute approximate surface area is 126 Å². The molecule has 2 aromatic heterocycles. The molecule has 1 amide bonds. The van der Waals surface area contributed by atoms with Gasteiger partial charge in [-0.2, -0.15) is 5.10 Å². The number of pyridine rings is 1. The molecule has 0 radical (unpaired) electrons. The highest BCUT2D eigenvalue weighted by Crippen LogP contribution is 2.26. The first-order chi connectivity index (χ1) is 10.7. The van der Waals surface area contributed by atoms with Crippen molar-refractivity contribution in [1.29, 1.82) is 0 Å². The first kappa shape index (κ1) is 14.0. The summed E-state index contributed by atoms with van der Waals surface area (Å²) in [5.41, 5.74) is 2.32. The van der Waals surface area contributed by atoms with Gasteiger partial charge < -0.3 is 15.7 Å². The number of nitrogens with zero attached hydrogens (tertiary/aromatic N) is 2. The zero-order valence-corrected chi connectivity index (χ0v) is 11.9. The summed E-state index contributed by atoms with van der Waals surface area (Å²) in [7, 11) is 1.70. The predicted octanol–water partition coefficient (Wildman–Crippen LogP) is 1.49. The number of phenols is 1. The molecule has 0 saturated carbocycles. The van der Waals surface area contributed by atoms with Crippen molar-refractivity contribution >= 4 is 22.8 Å². The predicted molar refractivity (Wildman–Crippen MR) is 83.5 cm³/mol. The monoisotopic (exact) mass is 297 g/mol. The maximum absolute atomic E-state index is 11.7. The van der Waals surface area contributed by atoms with Crippen LogP contribution in [0.1, 0.15) is 0 Å². The summed E-state index contributed by atoms with van der Waals surface area (Å²) in [6, 6.07) is 8.73. The Hall–Kier alpha value is -2.93. The maximum Gasteiger partial charge on any atom is 0.239 e. The molecular weight excluding hydrogens is 282 g/mol. The molecule has 0 spiro atoms. The summed E-state index contributed by atoms with van der Waals surface area (Å²) in [5, 5.41) is 22.5. The number of rotatable bonds is 4. The van der Waals surface area contributed by atoms with E-state index in [2.05, 4.69) is 25.8 Å². The van der Waals surface area contributed by atoms with Gasteiger partial charge in [0.05, 0.1) is 11.9 Å². The van der Waals surface area contributed by atoms with E-state index in [-0.39, 0.29) is 18.2 Å². The molecule has 2 heterocycles. The average Bonchev–Trinajstić information content (AvgIpc) is 2.90. The minimum atomic E-state index is -0.164. The van der Waals surface area contributed by atoms with Crippen LogP contribution in [0, 0.1) is 0 Å². The number of amides is 1. The summed E-state index contributed by atoms with van der Waals surface area (Å²) >= 11 is 0. The second kappa shape index (κ2) is 5.82. The first-order valence-corrected chi connectivity index (χ1v) is 6.75. The second-order valence-electron chi connectivity index (χ2n) is 4.82. The molecule has 0 fully saturated rings. The fraction of sp³-hybridized carbons (Fsp3) is 0.133. The molecule has 7 nitrogen and oxygen atoms in total. The van der Waals surface area contributed by atoms with Crippen LogP contribution < -0.4 is 10.6 Å². The number of carbonyl (C=O) groups is 1. The van der Waals surface area contributed by atoms with E-state index in [1.807, 2.05) is 6.07 Å². The second-order valence-corrected chi connectivity index (χ2v) is 4.82. The SMILES string of the molecule is CNCC(=O)Nc1[nH]nc2ncc(-c3ccc(O)cc3)cc12. The van der Waals surface area contributed by atoms with Gasteiger partial charge in [-0.3, -0.25) is 9.89 Å². The highest BCUT2D eigenvalue weighted by Gasteiger charge is 2.11. The molecule has 0 aliphatic heterocycles. The Kier molecular flexibility index (Phi) is 3.71. The Bertz CT molecular complexity index is 810. The topological polar surface area (TPSA) is 103 Å². The quantitative estimate of drug-likeness (QED) is 0.584. The van der Waals surface area contributed by atoms with Crippen LogP contribution in [-0.4, -0.2) is 39.8 Å². The summed E-state index contributed by atoms with van der Waals surface area (Å²) < 4.78 is 0. The molecule has 0 unspecified atom stereocenters. The van der Waals surface area contributed by atoms with Gasteiger partial charge in [-0.25, -0.2) is 4.98 Å². The van der Waals surface area contributed by atoms with E-state index in [9.17, 15) is 9.90 Å². The number of carbonyl (C=O) groups excluding carboxylic acids is 1. The Balaban J connectivity index is 1.97. The largest absolute Gasteiger partial charge is 0.508 e. The van der Waals surface area contributed by atoms with Gasteiger partial charge in [0.15, 0.2) is 5.65 Å². The Morgan fingerprint density at radius 3 is 2.77 bits per heavy atom. The van der Waals surface area contributed by atoms with Crippen molar-refractivity contribution in [3.63, 3.8) is 0 Å². The number of hydrogen-bond donors (Lipinski definition) is 4. The number of nitrogens with one attached hydrogen (secondary N) is 3. The van der Waals surface area contributed by atoms with Crippen LogP contribution in [0.15, 0.2) is 36.5 Å². The van der Waals surface area contributed by atoms with Crippen LogP contribution in [0.4, 0.5) is 5.82 Å². The number of aromatic hydroxyl groups is 1. The van der Waals surface area contributed by atoms with E-state index in [0.717, 1.165) is 16.5 Å². The molecule has 0 bridgehead atoms. The lowest BCUT2D eigenvalue weighted by Gasteiger charge is -2.04. The van der Waals surface area contributed by atoms with E-state index in [0.29, 0.717) is 11.5 Å². The van der Waals surface area contributed by atoms with Gasteiger partial charge in [-0.05, 0) is 30.8 Å². The number of anilines is 1. The summed E-state index contributed by atoms with van der Waals surface area (Å²) in [6.07, 6.45) is 1.70. The van der Waals surface area contributed by atoms with Crippen LogP contribution in [0.3, 0.4) is 0 Å². The van der Waals surface area contributed by atoms with Crippen LogP contribution >= 0.6 is 0 Å². The summed E-state index contributed by atoms with van der Waals surface area (Å²) in [5.74, 6) is 0.563. The minimum Gasteiger partial charge on any atom is -0.508 e. The van der Waals surface area contributed by atoms with Gasteiger partial charge in [0.1, 0.15) is 11.6 Å². The number of aromatic nitrogens is 3. The molecule has 1 aromatic carbocycles. The van der Waals surface area contributed by atoms with Gasteiger partial charge >= 0.3 is 0 Å². The van der Waals surface area contributed by atoms with Crippen molar-refractivity contribution in [1.82, 2.24) is 20.5 Å². The molecule has 3 rings (SSSR count). The van der Waals surface area contributed by atoms with Crippen molar-refractivity contribution in [2.45, 2.75) is 0 Å². The molecule has 7 heteroatoms. The van der Waals surface area contributed by atoms with E-state index in [1.165, 1.54) is 0 Å². The lowest BCUT2D eigenvalue weighted by atomic mass is 10.1. The number of phenolic OH excluding ortho intramolecular Hbond substituents is 1. The summed E-state index contributed by atoms with van der Waals surface area (Å²) in [4.78, 5) is 16.0. The summed E-state index contributed by atoms with van der Waals surface area (Å²) in [6.45, 7) is 0.214. The van der Waals surface area contributed by atoms with Crippen molar-refractivity contribution in [2.24, 2.45) is 0 Å².